The molecule has 1 N–H and O–H groups in total. The molecule has 2 rings (SSSR count). The van der Waals surface area contributed by atoms with Crippen molar-refractivity contribution < 1.29 is 14.6 Å². The van der Waals surface area contributed by atoms with E-state index >= 15 is 0 Å². The van der Waals surface area contributed by atoms with Crippen molar-refractivity contribution in [1.29, 1.82) is 0 Å². The van der Waals surface area contributed by atoms with Crippen molar-refractivity contribution >= 4 is 17.4 Å². The molecule has 0 bridgehead atoms. The molecule has 1 atom stereocenters. The molecule has 1 heterocycles. The minimum absolute atomic E-state index is 0.0404. The maximum Gasteiger partial charge on any atom is 0.163 e. The van der Waals surface area contributed by atoms with E-state index in [4.69, 9.17) is 16.3 Å². The van der Waals surface area contributed by atoms with Crippen molar-refractivity contribution in [3.8, 4) is 5.75 Å². The largest absolute Gasteiger partial charge is 0.507 e. The maximum atomic E-state index is 11.5. The summed E-state index contributed by atoms with van der Waals surface area (Å²) >= 11 is 6.04. The van der Waals surface area contributed by atoms with Crippen LogP contribution in [-0.4, -0.2) is 42.6 Å². The highest BCUT2D eigenvalue weighted by Crippen LogP contribution is 2.29. The van der Waals surface area contributed by atoms with Crippen LogP contribution in [0.25, 0.3) is 0 Å². The second-order valence-corrected chi connectivity index (χ2v) is 6.23. The second-order valence-electron chi connectivity index (χ2n) is 5.80. The Kier molecular flexibility index (Phi) is 5.62. The van der Waals surface area contributed by atoms with Crippen molar-refractivity contribution in [3.63, 3.8) is 0 Å². The first-order valence-electron chi connectivity index (χ1n) is 7.26. The van der Waals surface area contributed by atoms with E-state index in [1.165, 1.54) is 19.4 Å². The summed E-state index contributed by atoms with van der Waals surface area (Å²) < 4.78 is 5.48. The van der Waals surface area contributed by atoms with Crippen LogP contribution >= 0.6 is 11.6 Å². The van der Waals surface area contributed by atoms with Gasteiger partial charge in [0.15, 0.2) is 5.78 Å². The van der Waals surface area contributed by atoms with Crippen LogP contribution in [0.5, 0.6) is 5.75 Å². The fourth-order valence-corrected chi connectivity index (χ4v) is 3.03. The van der Waals surface area contributed by atoms with E-state index < -0.39 is 0 Å². The number of nitrogens with zero attached hydrogens (tertiary/aromatic N) is 1. The molecule has 21 heavy (non-hydrogen) atoms. The van der Waals surface area contributed by atoms with Gasteiger partial charge in [-0.05, 0) is 44.9 Å². The van der Waals surface area contributed by atoms with Gasteiger partial charge in [-0.2, -0.15) is 0 Å². The summed E-state index contributed by atoms with van der Waals surface area (Å²) in [7, 11) is 2.00. The molecular formula is C16H22ClNO3. The molecule has 0 amide bonds. The predicted molar refractivity (Wildman–Crippen MR) is 83.0 cm³/mol. The van der Waals surface area contributed by atoms with E-state index in [0.717, 1.165) is 26.2 Å². The Hall–Kier alpha value is -1.10. The Balaban J connectivity index is 2.06. The zero-order valence-corrected chi connectivity index (χ0v) is 13.3. The van der Waals surface area contributed by atoms with Crippen molar-refractivity contribution in [2.75, 3.05) is 26.8 Å². The highest BCUT2D eigenvalue weighted by Gasteiger charge is 2.18. The molecule has 1 saturated heterocycles. The number of halogens is 1. The number of benzene rings is 1. The molecular weight excluding hydrogens is 290 g/mol. The van der Waals surface area contributed by atoms with Gasteiger partial charge in [-0.3, -0.25) is 4.79 Å². The molecule has 116 valence electrons. The van der Waals surface area contributed by atoms with Gasteiger partial charge in [0.25, 0.3) is 0 Å². The molecule has 1 fully saturated rings. The maximum absolute atomic E-state index is 11.5. The number of Topliss-reactive ketones (excluding diaryl/α,β-unsaturated/α-hetero) is 1. The Bertz CT molecular complexity index is 512. The average molecular weight is 312 g/mol. The van der Waals surface area contributed by atoms with Gasteiger partial charge < -0.3 is 14.7 Å². The minimum atomic E-state index is -0.181. The summed E-state index contributed by atoms with van der Waals surface area (Å²) in [6.45, 7) is 4.55. The molecule has 0 saturated carbocycles. The van der Waals surface area contributed by atoms with Gasteiger partial charge in [0.05, 0.1) is 12.2 Å². The van der Waals surface area contributed by atoms with Gasteiger partial charge in [0, 0.05) is 30.3 Å². The molecule has 1 aromatic rings. The summed E-state index contributed by atoms with van der Waals surface area (Å²) in [5.74, 6) is 0.385. The standard InChI is InChI=1S/C16H22ClNO3/c1-11(19)15-7-14(17)6-13(16(15)20)9-18(2)8-12-4-3-5-21-10-12/h6-7,12,20H,3-5,8-10H2,1-2H3. The third-order valence-electron chi connectivity index (χ3n) is 3.80. The Morgan fingerprint density at radius 1 is 1.52 bits per heavy atom. The molecule has 0 spiro atoms. The van der Waals surface area contributed by atoms with E-state index in [2.05, 4.69) is 4.90 Å². The van der Waals surface area contributed by atoms with E-state index in [0.29, 0.717) is 23.0 Å². The quantitative estimate of drug-likeness (QED) is 0.849. The molecule has 5 heteroatoms. The lowest BCUT2D eigenvalue weighted by Gasteiger charge is -2.27. The van der Waals surface area contributed by atoms with Crippen LogP contribution in [-0.2, 0) is 11.3 Å². The minimum Gasteiger partial charge on any atom is -0.507 e. The van der Waals surface area contributed by atoms with Gasteiger partial charge in [-0.15, -0.1) is 0 Å². The third-order valence-corrected chi connectivity index (χ3v) is 4.02. The number of ketones is 1. The monoisotopic (exact) mass is 311 g/mol. The van der Waals surface area contributed by atoms with Crippen molar-refractivity contribution in [1.82, 2.24) is 4.90 Å². The van der Waals surface area contributed by atoms with Crippen LogP contribution in [0.4, 0.5) is 0 Å². The van der Waals surface area contributed by atoms with Crippen LogP contribution < -0.4 is 0 Å². The average Bonchev–Trinajstić information content (AvgIpc) is 2.43. The zero-order valence-electron chi connectivity index (χ0n) is 12.6. The number of ether oxygens (including phenoxy) is 1. The number of hydrogen-bond donors (Lipinski definition) is 1. The molecule has 0 aliphatic carbocycles. The number of phenolic OH excluding ortho intramolecular Hbond substituents is 1. The second kappa shape index (κ2) is 7.25. The number of carbonyl (C=O) groups excluding carboxylic acids is 1. The van der Waals surface area contributed by atoms with E-state index in [-0.39, 0.29) is 17.1 Å². The fourth-order valence-electron chi connectivity index (χ4n) is 2.79. The van der Waals surface area contributed by atoms with Crippen molar-refractivity contribution in [2.45, 2.75) is 26.3 Å². The molecule has 4 nitrogen and oxygen atoms in total. The summed E-state index contributed by atoms with van der Waals surface area (Å²) in [5.41, 5.74) is 0.971. The summed E-state index contributed by atoms with van der Waals surface area (Å²) in [6, 6.07) is 3.23. The SMILES string of the molecule is CC(=O)c1cc(Cl)cc(CN(C)CC2CCCOC2)c1O. The number of carbonyl (C=O) groups is 1. The summed E-state index contributed by atoms with van der Waals surface area (Å²) in [6.07, 6.45) is 2.28. The highest BCUT2D eigenvalue weighted by molar-refractivity contribution is 6.31. The Morgan fingerprint density at radius 2 is 2.29 bits per heavy atom. The van der Waals surface area contributed by atoms with Gasteiger partial charge in [-0.25, -0.2) is 0 Å². The smallest absolute Gasteiger partial charge is 0.163 e. The molecule has 1 aliphatic heterocycles. The van der Waals surface area contributed by atoms with Gasteiger partial charge in [0.2, 0.25) is 0 Å². The number of phenols is 1. The molecule has 1 unspecified atom stereocenters. The van der Waals surface area contributed by atoms with Gasteiger partial charge in [-0.1, -0.05) is 11.6 Å². The van der Waals surface area contributed by atoms with Crippen LogP contribution in [0, 0.1) is 5.92 Å². The first-order valence-corrected chi connectivity index (χ1v) is 7.63. The highest BCUT2D eigenvalue weighted by atomic mass is 35.5. The fraction of sp³-hybridized carbons (Fsp3) is 0.562. The Morgan fingerprint density at radius 3 is 2.90 bits per heavy atom. The lowest BCUT2D eigenvalue weighted by atomic mass is 10.0. The van der Waals surface area contributed by atoms with Crippen LogP contribution in [0.1, 0.15) is 35.7 Å². The van der Waals surface area contributed by atoms with E-state index in [1.807, 2.05) is 7.05 Å². The van der Waals surface area contributed by atoms with E-state index in [9.17, 15) is 9.90 Å². The van der Waals surface area contributed by atoms with Crippen molar-refractivity contribution in [3.05, 3.63) is 28.3 Å². The lowest BCUT2D eigenvalue weighted by Crippen LogP contribution is -2.30. The van der Waals surface area contributed by atoms with Gasteiger partial charge >= 0.3 is 0 Å². The molecule has 0 radical (unpaired) electrons. The zero-order chi connectivity index (χ0) is 15.4. The number of aromatic hydroxyl groups is 1. The first-order chi connectivity index (χ1) is 9.97. The molecule has 1 aliphatic rings. The molecule has 1 aromatic carbocycles. The number of rotatable bonds is 5. The normalized spacial score (nSPS) is 19.0. The lowest BCUT2D eigenvalue weighted by molar-refractivity contribution is 0.0411. The van der Waals surface area contributed by atoms with Crippen LogP contribution in [0.3, 0.4) is 0 Å². The Labute approximate surface area is 130 Å². The topological polar surface area (TPSA) is 49.8 Å². The van der Waals surface area contributed by atoms with E-state index in [1.54, 1.807) is 6.07 Å². The van der Waals surface area contributed by atoms with Gasteiger partial charge in [0.1, 0.15) is 5.75 Å². The summed E-state index contributed by atoms with van der Waals surface area (Å²) in [5, 5.41) is 10.7. The first kappa shape index (κ1) is 16.3. The number of hydrogen-bond acceptors (Lipinski definition) is 4. The third kappa shape index (κ3) is 4.43. The predicted octanol–water partition coefficient (Wildman–Crippen LogP) is 3.11. The summed E-state index contributed by atoms with van der Waals surface area (Å²) in [4.78, 5) is 13.7. The van der Waals surface area contributed by atoms with Crippen LogP contribution in [0.2, 0.25) is 5.02 Å². The van der Waals surface area contributed by atoms with Crippen LogP contribution in [0.15, 0.2) is 12.1 Å². The van der Waals surface area contributed by atoms with Crippen molar-refractivity contribution in [2.24, 2.45) is 5.92 Å². The molecule has 0 aromatic heterocycles.